The lowest BCUT2D eigenvalue weighted by Gasteiger charge is -2.10. The van der Waals surface area contributed by atoms with Gasteiger partial charge in [-0.1, -0.05) is 0 Å². The third-order valence-electron chi connectivity index (χ3n) is 2.18. The monoisotopic (exact) mass is 249 g/mol. The molecular formula is C12H11NO5. The third-order valence-corrected chi connectivity index (χ3v) is 2.18. The average Bonchev–Trinajstić information content (AvgIpc) is 2.36. The fourth-order valence-corrected chi connectivity index (χ4v) is 1.35. The number of carboxylic acid groups (broad SMARTS) is 1. The van der Waals surface area contributed by atoms with Gasteiger partial charge in [-0.05, 0) is 12.1 Å². The van der Waals surface area contributed by atoms with Gasteiger partial charge in [0.05, 0.1) is 19.8 Å². The van der Waals surface area contributed by atoms with E-state index in [4.69, 9.17) is 19.8 Å². The molecule has 1 rings (SSSR count). The van der Waals surface area contributed by atoms with Crippen LogP contribution in [-0.4, -0.2) is 30.4 Å². The minimum atomic E-state index is -1.24. The summed E-state index contributed by atoms with van der Waals surface area (Å²) < 4.78 is 9.83. The number of hydrogen-bond acceptors (Lipinski definition) is 5. The molecule has 0 aromatic heterocycles. The highest BCUT2D eigenvalue weighted by Crippen LogP contribution is 2.38. The van der Waals surface area contributed by atoms with Gasteiger partial charge in [0.2, 0.25) is 5.75 Å². The molecule has 0 atom stereocenters. The van der Waals surface area contributed by atoms with Crippen LogP contribution in [0, 0.1) is 11.3 Å². The van der Waals surface area contributed by atoms with E-state index in [1.807, 2.05) is 0 Å². The first-order valence-electron chi connectivity index (χ1n) is 4.83. The van der Waals surface area contributed by atoms with Crippen molar-refractivity contribution in [3.05, 3.63) is 23.8 Å². The molecule has 94 valence electrons. The normalized spacial score (nSPS) is 10.6. The highest BCUT2D eigenvalue weighted by atomic mass is 16.5. The fraction of sp³-hybridized carbons (Fsp3) is 0.167. The second-order valence-corrected chi connectivity index (χ2v) is 3.24. The number of ether oxygens (including phenoxy) is 2. The number of carbonyl (C=O) groups is 1. The van der Waals surface area contributed by atoms with Gasteiger partial charge < -0.3 is 19.7 Å². The summed E-state index contributed by atoms with van der Waals surface area (Å²) in [7, 11) is 2.68. The van der Waals surface area contributed by atoms with E-state index in [2.05, 4.69) is 0 Å². The molecule has 6 heteroatoms. The topological polar surface area (TPSA) is 99.8 Å². The van der Waals surface area contributed by atoms with Gasteiger partial charge in [-0.3, -0.25) is 0 Å². The molecule has 0 fully saturated rings. The summed E-state index contributed by atoms with van der Waals surface area (Å²) in [4.78, 5) is 10.6. The predicted molar refractivity (Wildman–Crippen MR) is 62.4 cm³/mol. The highest BCUT2D eigenvalue weighted by Gasteiger charge is 2.14. The summed E-state index contributed by atoms with van der Waals surface area (Å²) in [5.41, 5.74) is 0.213. The summed E-state index contributed by atoms with van der Waals surface area (Å²) >= 11 is 0. The summed E-state index contributed by atoms with van der Waals surface area (Å²) in [6.45, 7) is 0. The summed E-state index contributed by atoms with van der Waals surface area (Å²) in [6, 6.07) is 4.47. The summed E-state index contributed by atoms with van der Waals surface area (Å²) in [5.74, 6) is -1.26. The Bertz CT molecular complexity index is 517. The van der Waals surface area contributed by atoms with Gasteiger partial charge in [-0.2, -0.15) is 5.26 Å². The van der Waals surface area contributed by atoms with E-state index in [0.717, 1.165) is 6.08 Å². The van der Waals surface area contributed by atoms with Crippen LogP contribution in [0.15, 0.2) is 18.2 Å². The number of aliphatic carboxylic acids is 1. The Morgan fingerprint density at radius 2 is 1.83 bits per heavy atom. The summed E-state index contributed by atoms with van der Waals surface area (Å²) in [5, 5.41) is 27.2. The molecule has 0 aliphatic rings. The van der Waals surface area contributed by atoms with Crippen LogP contribution in [0.5, 0.6) is 17.2 Å². The predicted octanol–water partition coefficient (Wildman–Crippen LogP) is 1.40. The Balaban J connectivity index is 3.42. The van der Waals surface area contributed by atoms with E-state index in [1.54, 1.807) is 6.07 Å². The standard InChI is InChI=1S/C12H11NO5/c1-17-9-3-7(4-10(18-2)12(9)16)8(6-13)5-11(14)15/h3-5,16H,1-2H3,(H,14,15). The number of nitrogens with zero attached hydrogens (tertiary/aromatic N) is 1. The molecule has 6 nitrogen and oxygen atoms in total. The lowest BCUT2D eigenvalue weighted by molar-refractivity contribution is -0.131. The first kappa shape index (κ1) is 13.4. The Labute approximate surface area is 103 Å². The number of phenols is 1. The number of allylic oxidation sites excluding steroid dienone is 1. The molecule has 0 unspecified atom stereocenters. The number of methoxy groups -OCH3 is 2. The fourth-order valence-electron chi connectivity index (χ4n) is 1.35. The Kier molecular flexibility index (Phi) is 4.16. The van der Waals surface area contributed by atoms with Crippen LogP contribution in [0.4, 0.5) is 0 Å². The van der Waals surface area contributed by atoms with E-state index >= 15 is 0 Å². The van der Waals surface area contributed by atoms with E-state index in [9.17, 15) is 9.90 Å². The Hall–Kier alpha value is -2.68. The van der Waals surface area contributed by atoms with Crippen molar-refractivity contribution in [3.8, 4) is 23.3 Å². The van der Waals surface area contributed by atoms with Crippen molar-refractivity contribution in [2.75, 3.05) is 14.2 Å². The van der Waals surface area contributed by atoms with Gasteiger partial charge in [-0.15, -0.1) is 0 Å². The van der Waals surface area contributed by atoms with Crippen LogP contribution < -0.4 is 9.47 Å². The van der Waals surface area contributed by atoms with Crippen LogP contribution in [0.3, 0.4) is 0 Å². The Morgan fingerprint density at radius 1 is 1.33 bits per heavy atom. The minimum Gasteiger partial charge on any atom is -0.502 e. The molecular weight excluding hydrogens is 238 g/mol. The number of rotatable bonds is 4. The second kappa shape index (κ2) is 5.59. The first-order chi connectivity index (χ1) is 8.53. The van der Waals surface area contributed by atoms with Crippen molar-refractivity contribution < 1.29 is 24.5 Å². The SMILES string of the molecule is COc1cc(C(C#N)=CC(=O)O)cc(OC)c1O. The quantitative estimate of drug-likeness (QED) is 0.618. The van der Waals surface area contributed by atoms with Crippen LogP contribution in [-0.2, 0) is 4.79 Å². The van der Waals surface area contributed by atoms with Crippen molar-refractivity contribution in [2.24, 2.45) is 0 Å². The van der Waals surface area contributed by atoms with Crippen LogP contribution in [0.1, 0.15) is 5.56 Å². The van der Waals surface area contributed by atoms with Gasteiger partial charge in [0.1, 0.15) is 6.07 Å². The molecule has 1 aromatic carbocycles. The molecule has 0 heterocycles. The van der Waals surface area contributed by atoms with Gasteiger partial charge in [0.15, 0.2) is 11.5 Å². The molecule has 0 saturated carbocycles. The lowest BCUT2D eigenvalue weighted by atomic mass is 10.1. The zero-order valence-electron chi connectivity index (χ0n) is 9.80. The molecule has 0 saturated heterocycles. The van der Waals surface area contributed by atoms with E-state index < -0.39 is 5.97 Å². The molecule has 0 radical (unpaired) electrons. The number of nitriles is 1. The smallest absolute Gasteiger partial charge is 0.329 e. The molecule has 0 amide bonds. The van der Waals surface area contributed by atoms with Gasteiger partial charge in [0.25, 0.3) is 0 Å². The van der Waals surface area contributed by atoms with Crippen molar-refractivity contribution in [1.82, 2.24) is 0 Å². The highest BCUT2D eigenvalue weighted by molar-refractivity contribution is 5.94. The third kappa shape index (κ3) is 2.71. The summed E-state index contributed by atoms with van der Waals surface area (Å²) in [6.07, 6.45) is 0.769. The van der Waals surface area contributed by atoms with Crippen molar-refractivity contribution in [3.63, 3.8) is 0 Å². The Morgan fingerprint density at radius 3 is 2.17 bits per heavy atom. The number of carboxylic acids is 1. The second-order valence-electron chi connectivity index (χ2n) is 3.24. The maximum atomic E-state index is 10.6. The molecule has 0 aliphatic carbocycles. The molecule has 0 bridgehead atoms. The van der Waals surface area contributed by atoms with E-state index in [1.165, 1.54) is 26.4 Å². The largest absolute Gasteiger partial charge is 0.502 e. The van der Waals surface area contributed by atoms with Gasteiger partial charge >= 0.3 is 5.97 Å². The zero-order valence-corrected chi connectivity index (χ0v) is 9.80. The molecule has 0 spiro atoms. The van der Waals surface area contributed by atoms with Gasteiger partial charge in [0, 0.05) is 11.6 Å². The molecule has 1 aromatic rings. The molecule has 0 aliphatic heterocycles. The van der Waals surface area contributed by atoms with Gasteiger partial charge in [-0.25, -0.2) is 4.79 Å². The van der Waals surface area contributed by atoms with Crippen molar-refractivity contribution in [2.45, 2.75) is 0 Å². The van der Waals surface area contributed by atoms with E-state index in [-0.39, 0.29) is 28.4 Å². The van der Waals surface area contributed by atoms with Crippen molar-refractivity contribution in [1.29, 1.82) is 5.26 Å². The van der Waals surface area contributed by atoms with E-state index in [0.29, 0.717) is 0 Å². The number of aromatic hydroxyl groups is 1. The van der Waals surface area contributed by atoms with Crippen LogP contribution in [0.25, 0.3) is 5.57 Å². The van der Waals surface area contributed by atoms with Crippen LogP contribution in [0.2, 0.25) is 0 Å². The zero-order chi connectivity index (χ0) is 13.7. The average molecular weight is 249 g/mol. The maximum Gasteiger partial charge on any atom is 0.329 e. The minimum absolute atomic E-state index is 0.0703. The lowest BCUT2D eigenvalue weighted by Crippen LogP contribution is -1.94. The number of benzene rings is 1. The van der Waals surface area contributed by atoms with Crippen molar-refractivity contribution >= 4 is 11.5 Å². The molecule has 18 heavy (non-hydrogen) atoms. The maximum absolute atomic E-state index is 10.6. The van der Waals surface area contributed by atoms with Crippen LogP contribution >= 0.6 is 0 Å². The number of phenolic OH excluding ortho intramolecular Hbond substituents is 1. The number of hydrogen-bond donors (Lipinski definition) is 2. The molecule has 2 N–H and O–H groups in total. The first-order valence-corrected chi connectivity index (χ1v) is 4.83.